The van der Waals surface area contributed by atoms with Crippen LogP contribution in [0, 0.1) is 0 Å². The molecule has 2 N–H and O–H groups in total. The second kappa shape index (κ2) is 5.87. The minimum atomic E-state index is 0.110. The number of aromatic nitrogens is 2. The van der Waals surface area contributed by atoms with Gasteiger partial charge in [0.2, 0.25) is 0 Å². The van der Waals surface area contributed by atoms with E-state index in [0.29, 0.717) is 0 Å². The average molecular weight is 300 g/mol. The summed E-state index contributed by atoms with van der Waals surface area (Å²) in [5.74, 6) is 1.02. The molecule has 5 heteroatoms. The SMILES string of the molecule is CC(N)Cc1c(N(C)Cc2cccs2)nc2ccccn12. The largest absolute Gasteiger partial charge is 0.353 e. The van der Waals surface area contributed by atoms with Gasteiger partial charge in [-0.1, -0.05) is 12.1 Å². The number of hydrogen-bond donors (Lipinski definition) is 1. The third-order valence-corrected chi connectivity index (χ3v) is 4.32. The first kappa shape index (κ1) is 14.1. The summed E-state index contributed by atoms with van der Waals surface area (Å²) in [7, 11) is 2.09. The van der Waals surface area contributed by atoms with Gasteiger partial charge in [0.15, 0.2) is 5.82 Å². The Morgan fingerprint density at radius 1 is 1.33 bits per heavy atom. The Labute approximate surface area is 128 Å². The van der Waals surface area contributed by atoms with Crippen molar-refractivity contribution in [3.05, 3.63) is 52.5 Å². The van der Waals surface area contributed by atoms with E-state index in [1.165, 1.54) is 10.6 Å². The molecule has 3 aromatic rings. The maximum Gasteiger partial charge on any atom is 0.151 e. The van der Waals surface area contributed by atoms with Gasteiger partial charge in [-0.2, -0.15) is 0 Å². The molecule has 0 radical (unpaired) electrons. The predicted octanol–water partition coefficient (Wildman–Crippen LogP) is 2.92. The van der Waals surface area contributed by atoms with Crippen LogP contribution in [0.2, 0.25) is 0 Å². The molecule has 0 aromatic carbocycles. The van der Waals surface area contributed by atoms with Gasteiger partial charge in [-0.15, -0.1) is 11.3 Å². The number of pyridine rings is 1. The minimum Gasteiger partial charge on any atom is -0.353 e. The van der Waals surface area contributed by atoms with Crippen LogP contribution in [0.5, 0.6) is 0 Å². The van der Waals surface area contributed by atoms with E-state index in [2.05, 4.69) is 40.1 Å². The van der Waals surface area contributed by atoms with Crippen molar-refractivity contribution in [1.29, 1.82) is 0 Å². The third-order valence-electron chi connectivity index (χ3n) is 3.46. The Balaban J connectivity index is 1.99. The second-order valence-electron chi connectivity index (χ2n) is 5.43. The number of nitrogens with two attached hydrogens (primary N) is 1. The molecule has 1 atom stereocenters. The first-order valence-corrected chi connectivity index (χ1v) is 7.98. The fourth-order valence-electron chi connectivity index (χ4n) is 2.55. The van der Waals surface area contributed by atoms with Crippen LogP contribution in [-0.2, 0) is 13.0 Å². The molecule has 0 aliphatic carbocycles. The fraction of sp³-hybridized carbons (Fsp3) is 0.312. The molecule has 0 aliphatic rings. The lowest BCUT2D eigenvalue weighted by Crippen LogP contribution is -2.22. The van der Waals surface area contributed by atoms with E-state index in [-0.39, 0.29) is 6.04 Å². The van der Waals surface area contributed by atoms with Crippen LogP contribution in [0.15, 0.2) is 41.9 Å². The number of imidazole rings is 1. The number of rotatable bonds is 5. The standard InChI is InChI=1S/C16H20N4S/c1-12(17)10-14-16(18-15-7-3-4-8-20(14)15)19(2)11-13-6-5-9-21-13/h3-9,12H,10-11,17H2,1-2H3. The Bertz CT molecular complexity index is 715. The molecule has 3 rings (SSSR count). The molecule has 3 aromatic heterocycles. The lowest BCUT2D eigenvalue weighted by atomic mass is 10.2. The highest BCUT2D eigenvalue weighted by Crippen LogP contribution is 2.24. The Morgan fingerprint density at radius 2 is 2.19 bits per heavy atom. The summed E-state index contributed by atoms with van der Waals surface area (Å²) in [6, 6.07) is 10.4. The predicted molar refractivity (Wildman–Crippen MR) is 89.0 cm³/mol. The van der Waals surface area contributed by atoms with Gasteiger partial charge in [-0.25, -0.2) is 4.98 Å². The molecule has 4 nitrogen and oxygen atoms in total. The van der Waals surface area contributed by atoms with E-state index in [9.17, 15) is 0 Å². The molecule has 0 bridgehead atoms. The number of fused-ring (bicyclic) bond motifs is 1. The number of hydrogen-bond acceptors (Lipinski definition) is 4. The van der Waals surface area contributed by atoms with E-state index < -0.39 is 0 Å². The molecule has 110 valence electrons. The third kappa shape index (κ3) is 2.94. The van der Waals surface area contributed by atoms with Gasteiger partial charge in [0, 0.05) is 30.6 Å². The summed E-state index contributed by atoms with van der Waals surface area (Å²) in [5.41, 5.74) is 8.18. The van der Waals surface area contributed by atoms with Crippen molar-refractivity contribution < 1.29 is 0 Å². The normalized spacial score (nSPS) is 12.7. The van der Waals surface area contributed by atoms with Crippen molar-refractivity contribution in [2.24, 2.45) is 5.73 Å². The number of nitrogens with zero attached hydrogens (tertiary/aromatic N) is 3. The van der Waals surface area contributed by atoms with Gasteiger partial charge < -0.3 is 15.0 Å². The van der Waals surface area contributed by atoms with E-state index in [1.807, 2.05) is 25.1 Å². The highest BCUT2D eigenvalue weighted by atomic mass is 32.1. The molecular formula is C16H20N4S. The molecule has 0 amide bonds. The molecule has 0 saturated heterocycles. The average Bonchev–Trinajstić information content (AvgIpc) is 3.07. The van der Waals surface area contributed by atoms with E-state index in [1.54, 1.807) is 11.3 Å². The van der Waals surface area contributed by atoms with Crippen LogP contribution in [-0.4, -0.2) is 22.5 Å². The summed E-state index contributed by atoms with van der Waals surface area (Å²) < 4.78 is 2.14. The lowest BCUT2D eigenvalue weighted by molar-refractivity contribution is 0.713. The van der Waals surface area contributed by atoms with Crippen molar-refractivity contribution in [2.75, 3.05) is 11.9 Å². The topological polar surface area (TPSA) is 46.6 Å². The highest BCUT2D eigenvalue weighted by Gasteiger charge is 2.17. The molecule has 0 aliphatic heterocycles. The van der Waals surface area contributed by atoms with Crippen molar-refractivity contribution in [3.8, 4) is 0 Å². The quantitative estimate of drug-likeness (QED) is 0.788. The molecular weight excluding hydrogens is 280 g/mol. The van der Waals surface area contributed by atoms with Crippen molar-refractivity contribution in [2.45, 2.75) is 25.9 Å². The van der Waals surface area contributed by atoms with Gasteiger partial charge in [0.25, 0.3) is 0 Å². The van der Waals surface area contributed by atoms with Crippen molar-refractivity contribution in [3.63, 3.8) is 0 Å². The summed E-state index contributed by atoms with van der Waals surface area (Å²) in [6.45, 7) is 2.90. The maximum atomic E-state index is 6.02. The van der Waals surface area contributed by atoms with Gasteiger partial charge >= 0.3 is 0 Å². The zero-order chi connectivity index (χ0) is 14.8. The van der Waals surface area contributed by atoms with E-state index in [4.69, 9.17) is 10.7 Å². The van der Waals surface area contributed by atoms with Crippen LogP contribution in [0.25, 0.3) is 5.65 Å². The molecule has 21 heavy (non-hydrogen) atoms. The first-order valence-electron chi connectivity index (χ1n) is 7.10. The number of thiophene rings is 1. The number of anilines is 1. The van der Waals surface area contributed by atoms with Crippen LogP contribution in [0.1, 0.15) is 17.5 Å². The fourth-order valence-corrected chi connectivity index (χ4v) is 3.30. The molecule has 0 saturated carbocycles. The van der Waals surface area contributed by atoms with E-state index >= 15 is 0 Å². The van der Waals surface area contributed by atoms with Gasteiger partial charge in [-0.05, 0) is 30.5 Å². The smallest absolute Gasteiger partial charge is 0.151 e. The Morgan fingerprint density at radius 3 is 2.90 bits per heavy atom. The maximum absolute atomic E-state index is 6.02. The van der Waals surface area contributed by atoms with Gasteiger partial charge in [0.05, 0.1) is 12.2 Å². The second-order valence-corrected chi connectivity index (χ2v) is 6.46. The Hall–Kier alpha value is -1.85. The van der Waals surface area contributed by atoms with Crippen molar-refractivity contribution in [1.82, 2.24) is 9.38 Å². The molecule has 3 heterocycles. The van der Waals surface area contributed by atoms with Gasteiger partial charge in [0.1, 0.15) is 5.65 Å². The van der Waals surface area contributed by atoms with E-state index in [0.717, 1.165) is 24.4 Å². The minimum absolute atomic E-state index is 0.110. The zero-order valence-corrected chi connectivity index (χ0v) is 13.2. The first-order chi connectivity index (χ1) is 10.1. The summed E-state index contributed by atoms with van der Waals surface area (Å²) in [4.78, 5) is 8.32. The Kier molecular flexibility index (Phi) is 3.94. The lowest BCUT2D eigenvalue weighted by Gasteiger charge is -2.18. The molecule has 0 spiro atoms. The van der Waals surface area contributed by atoms with Crippen LogP contribution < -0.4 is 10.6 Å². The van der Waals surface area contributed by atoms with Crippen LogP contribution in [0.3, 0.4) is 0 Å². The summed E-state index contributed by atoms with van der Waals surface area (Å²) >= 11 is 1.77. The van der Waals surface area contributed by atoms with Crippen LogP contribution >= 0.6 is 11.3 Å². The van der Waals surface area contributed by atoms with Crippen molar-refractivity contribution >= 4 is 22.8 Å². The molecule has 0 fully saturated rings. The monoisotopic (exact) mass is 300 g/mol. The highest BCUT2D eigenvalue weighted by molar-refractivity contribution is 7.09. The summed E-state index contributed by atoms with van der Waals surface area (Å²) in [6.07, 6.45) is 2.87. The van der Waals surface area contributed by atoms with Crippen LogP contribution in [0.4, 0.5) is 5.82 Å². The van der Waals surface area contributed by atoms with Gasteiger partial charge in [-0.3, -0.25) is 0 Å². The summed E-state index contributed by atoms with van der Waals surface area (Å²) in [5, 5.41) is 2.11. The molecule has 1 unspecified atom stereocenters. The zero-order valence-electron chi connectivity index (χ0n) is 12.4.